The molecular weight excluding hydrogens is 1710 g/mol. The van der Waals surface area contributed by atoms with Crippen molar-refractivity contribution in [2.24, 2.45) is 0 Å². The number of sulfonamides is 2. The zero-order chi connectivity index (χ0) is 89.8. The number of fused-ring (bicyclic) bond motifs is 3. The smallest absolute Gasteiger partial charge is 0.254 e. The van der Waals surface area contributed by atoms with E-state index in [0.29, 0.717) is 127 Å². The van der Waals surface area contributed by atoms with Crippen LogP contribution in [0.2, 0.25) is 0 Å². The molecule has 4 aromatic carbocycles. The first-order valence-corrected chi connectivity index (χ1v) is 47.4. The fourth-order valence-electron chi connectivity index (χ4n) is 16.0. The minimum Gasteiger partial charge on any atom is -0.349 e. The highest BCUT2D eigenvalue weighted by Gasteiger charge is 2.34. The van der Waals surface area contributed by atoms with Gasteiger partial charge < -0.3 is 35.6 Å². The Morgan fingerprint density at radius 2 is 0.823 bits per heavy atom. The molecule has 0 spiro atoms. The van der Waals surface area contributed by atoms with Gasteiger partial charge in [-0.1, -0.05) is 29.5 Å². The van der Waals surface area contributed by atoms with Gasteiger partial charge in [-0.15, -0.1) is 0 Å². The molecule has 7 aliphatic rings. The minimum atomic E-state index is -3.66. The Labute approximate surface area is 753 Å². The second-order valence-electron chi connectivity index (χ2n) is 34.3. The molecule has 130 heavy (non-hydrogen) atoms. The number of thiazole rings is 1. The molecule has 4 aliphatic carbocycles. The number of pyridine rings is 2. The number of rotatable bonds is 21. The van der Waals surface area contributed by atoms with E-state index in [0.717, 1.165) is 136 Å². The Morgan fingerprint density at radius 3 is 1.26 bits per heavy atom. The van der Waals surface area contributed by atoms with Crippen molar-refractivity contribution in [3.63, 3.8) is 0 Å². The largest absolute Gasteiger partial charge is 0.349 e. The summed E-state index contributed by atoms with van der Waals surface area (Å²) in [5.74, 6) is 2.28. The molecule has 11 aromatic heterocycles. The van der Waals surface area contributed by atoms with Gasteiger partial charge in [0.05, 0.1) is 64.9 Å². The Bertz CT molecular complexity index is 7050. The van der Waals surface area contributed by atoms with Crippen molar-refractivity contribution < 1.29 is 40.4 Å². The molecule has 6 fully saturated rings. The number of hydrogen-bond donors (Lipinski definition) is 4. The first-order valence-electron chi connectivity index (χ1n) is 43.8. The molecule has 33 nitrogen and oxygen atoms in total. The van der Waals surface area contributed by atoms with Crippen molar-refractivity contribution in [3.8, 4) is 72.1 Å². The number of hydrogen-bond acceptors (Lipinski definition) is 20. The Balaban J connectivity index is 0.000000113. The molecule has 14 heterocycles. The molecule has 3 aliphatic heterocycles. The van der Waals surface area contributed by atoms with Crippen LogP contribution in [0, 0.1) is 33.5 Å². The predicted molar refractivity (Wildman–Crippen MR) is 488 cm³/mol. The van der Waals surface area contributed by atoms with Crippen LogP contribution >= 0.6 is 11.3 Å². The van der Waals surface area contributed by atoms with Gasteiger partial charge in [0.1, 0.15) is 27.9 Å². The molecule has 0 bridgehead atoms. The summed E-state index contributed by atoms with van der Waals surface area (Å²) in [6, 6.07) is 29.8. The van der Waals surface area contributed by atoms with Crippen molar-refractivity contribution in [1.82, 2.24) is 122 Å². The van der Waals surface area contributed by atoms with E-state index in [1.807, 2.05) is 137 Å². The van der Waals surface area contributed by atoms with Gasteiger partial charge in [-0.05, 0) is 229 Å². The van der Waals surface area contributed by atoms with Gasteiger partial charge in [0.25, 0.3) is 23.6 Å². The summed E-state index contributed by atoms with van der Waals surface area (Å²) in [6.07, 6.45) is 40.1. The number of benzene rings is 4. The van der Waals surface area contributed by atoms with E-state index in [1.165, 1.54) is 38.9 Å². The van der Waals surface area contributed by atoms with Crippen molar-refractivity contribution in [2.45, 2.75) is 139 Å². The molecule has 4 N–H and O–H groups in total. The van der Waals surface area contributed by atoms with E-state index >= 15 is 0 Å². The number of carbonyl (C=O) groups excluding carboxylic acids is 4. The van der Waals surface area contributed by atoms with Crippen LogP contribution in [-0.4, -0.2) is 232 Å². The molecule has 0 atom stereocenters. The summed E-state index contributed by atoms with van der Waals surface area (Å²) in [7, 11) is -3.32. The highest BCUT2D eigenvalue weighted by Crippen LogP contribution is 2.35. The molecule has 22 rings (SSSR count). The van der Waals surface area contributed by atoms with Crippen LogP contribution in [0.25, 0.3) is 83.4 Å². The predicted octanol–water partition coefficient (Wildman–Crippen LogP) is 11.4. The number of nitrogens with one attached hydrogen (secondary N) is 4. The number of amides is 4. The van der Waals surface area contributed by atoms with Gasteiger partial charge in [0.15, 0.2) is 17.5 Å². The van der Waals surface area contributed by atoms with Gasteiger partial charge in [-0.3, -0.25) is 28.0 Å². The van der Waals surface area contributed by atoms with E-state index in [9.17, 15) is 40.4 Å². The molecule has 4 amide bonds. The lowest BCUT2D eigenvalue weighted by atomic mass is 9.99. The number of carbonyl (C=O) groups is 4. The fourth-order valence-corrected chi connectivity index (χ4v) is 19.7. The quantitative estimate of drug-likeness (QED) is 0.0519. The van der Waals surface area contributed by atoms with Gasteiger partial charge in [-0.2, -0.15) is 34.1 Å². The highest BCUT2D eigenvalue weighted by atomic mass is 32.2. The number of aromatic nitrogens is 17. The van der Waals surface area contributed by atoms with Crippen LogP contribution in [0.15, 0.2) is 206 Å². The van der Waals surface area contributed by atoms with Crippen LogP contribution in [0.5, 0.6) is 0 Å². The number of piperazine rings is 2. The zero-order valence-corrected chi connectivity index (χ0v) is 75.1. The summed E-state index contributed by atoms with van der Waals surface area (Å²) in [5, 5.41) is 35.9. The first kappa shape index (κ1) is 86.1. The zero-order valence-electron chi connectivity index (χ0n) is 72.7. The summed E-state index contributed by atoms with van der Waals surface area (Å²) in [6.45, 7) is 13.5. The van der Waals surface area contributed by atoms with Crippen LogP contribution in [0.1, 0.15) is 134 Å². The first-order chi connectivity index (χ1) is 62.8. The minimum absolute atomic E-state index is 0.00110. The third-order valence-corrected chi connectivity index (χ3v) is 29.2. The number of likely N-dealkylation sites (N-methyl/N-ethyl adjacent to an activating group) is 2. The molecule has 37 heteroatoms. The third-order valence-electron chi connectivity index (χ3n) is 24.5. The maximum Gasteiger partial charge on any atom is 0.254 e. The monoisotopic (exact) mass is 1810 g/mol. The van der Waals surface area contributed by atoms with Gasteiger partial charge in [0, 0.05) is 178 Å². The fraction of sp³-hybridized carbons (Fsp3) is 0.323. The van der Waals surface area contributed by atoms with Gasteiger partial charge in [-0.25, -0.2) is 64.6 Å². The SMILES string of the molecule is Cc1cc(F)c(C(=O)NC2CC2)cc1-c1cnn(-c2cnc3ccc(S(=O)(=O)N4CCN(C)CC4)cn23)c1.Cc1ccc(C(=O)NC2CC2)cc1-c1cnn(-c2cnc(-n3cccn3)s2)c1.Cc1ccc(C(=O)NC2CC2)cc1-c1cnn(-c2cnc3ccc(S(=O)(=O)N4CCN(C)CC4)cn23)c1.Cc1ccc(C(=O)NC2CC2)cc1-c1cnn(-c2cnc3n2CCCC3)c1. The Kier molecular flexibility index (Phi) is 23.8. The molecule has 15 aromatic rings. The number of halogens is 1. The molecular formula is C93H98FN25O8S3. The second kappa shape index (κ2) is 36.0. The van der Waals surface area contributed by atoms with Crippen LogP contribution in [0.3, 0.4) is 0 Å². The van der Waals surface area contributed by atoms with Crippen LogP contribution in [0.4, 0.5) is 4.39 Å². The lowest BCUT2D eigenvalue weighted by molar-refractivity contribution is 0.0939. The summed E-state index contributed by atoms with van der Waals surface area (Å²) in [5.41, 5.74) is 14.3. The van der Waals surface area contributed by atoms with E-state index in [2.05, 4.69) is 88.0 Å². The molecule has 0 unspecified atom stereocenters. The topological polar surface area (TPSA) is 352 Å². The summed E-state index contributed by atoms with van der Waals surface area (Å²) < 4.78 is 85.3. The Morgan fingerprint density at radius 1 is 0.408 bits per heavy atom. The van der Waals surface area contributed by atoms with Gasteiger partial charge >= 0.3 is 0 Å². The normalized spacial score (nSPS) is 16.3. The second-order valence-corrected chi connectivity index (χ2v) is 39.2. The lowest BCUT2D eigenvalue weighted by Gasteiger charge is -2.31. The maximum absolute atomic E-state index is 14.6. The van der Waals surface area contributed by atoms with Crippen molar-refractivity contribution in [3.05, 3.63) is 252 Å². The summed E-state index contributed by atoms with van der Waals surface area (Å²) in [4.78, 5) is 72.4. The average molecular weight is 1810 g/mol. The van der Waals surface area contributed by atoms with Crippen molar-refractivity contribution in [2.75, 3.05) is 66.5 Å². The van der Waals surface area contributed by atoms with E-state index in [4.69, 9.17) is 0 Å². The van der Waals surface area contributed by atoms with Crippen LogP contribution < -0.4 is 21.3 Å². The number of aryl methyl sites for hydroxylation is 5. The molecule has 0 radical (unpaired) electrons. The molecule has 668 valence electrons. The van der Waals surface area contributed by atoms with E-state index < -0.39 is 31.8 Å². The number of imidazole rings is 3. The molecule has 2 saturated heterocycles. The standard InChI is InChI=1S/C26H28FN7O3S.C26H29N7O3S.C21H23N5O.C20H18N6OS/c1-17-11-23(27)22(26(35)30-19-3-4-19)12-21(17)18-13-29-34(15-18)25-14-28-24-6-5-20(16-33(24)25)38(36,37)32-9-7-31(2)8-10-32;1-18-3-4-19(26(34)29-21-5-6-21)13-23(18)20-14-28-33(16-20)25-15-27-24-8-7-22(17-32(24)25)37(35,36)31-11-9-30(2)10-12-31;1-14-5-6-15(21(27)24-17-7-8-17)10-18(14)16-11-23-26(13-16)20-12-22-19-4-2-3-9-25(19)20;1-13-3-4-14(19(27)24-16-5-6-16)9-17(13)15-10-23-26(12-15)18-11-21-20(28-18)25-8-2-7-22-25/h5-6,11-16,19H,3-4,7-10H2,1-2H3,(H,30,35);3-4,7-8,13-17,21H,5-6,9-12H2,1-2H3,(H,29,34);5-6,10-13,17H,2-4,7-9H2,1H3,(H,24,27);2-4,7-12,16H,5-6H2,1H3,(H,24,27). The Hall–Kier alpha value is -13.3. The van der Waals surface area contributed by atoms with Gasteiger partial charge in [0.2, 0.25) is 25.2 Å². The van der Waals surface area contributed by atoms with E-state index in [1.54, 1.807) is 121 Å². The highest BCUT2D eigenvalue weighted by molar-refractivity contribution is 7.89. The van der Waals surface area contributed by atoms with Crippen molar-refractivity contribution in [1.29, 1.82) is 0 Å². The van der Waals surface area contributed by atoms with Crippen LogP contribution in [-0.2, 0) is 33.0 Å². The molecule has 4 saturated carbocycles. The number of nitrogens with zero attached hydrogens (tertiary/aromatic N) is 21. The maximum atomic E-state index is 14.6. The van der Waals surface area contributed by atoms with E-state index in [-0.39, 0.29) is 39.1 Å². The third kappa shape index (κ3) is 18.7. The average Bonchev–Trinajstić information content (AvgIpc) is 1.59. The lowest BCUT2D eigenvalue weighted by Crippen LogP contribution is -2.47. The summed E-state index contributed by atoms with van der Waals surface area (Å²) >= 11 is 1.50. The van der Waals surface area contributed by atoms with Crippen molar-refractivity contribution >= 4 is 66.3 Å².